The fourth-order valence-electron chi connectivity index (χ4n) is 2.48. The monoisotopic (exact) mass is 300 g/mol. The molecule has 0 aliphatic heterocycles. The highest BCUT2D eigenvalue weighted by Crippen LogP contribution is 2.39. The summed E-state index contributed by atoms with van der Waals surface area (Å²) >= 11 is 13.8. The van der Waals surface area contributed by atoms with Gasteiger partial charge in [-0.25, -0.2) is 9.97 Å². The predicted octanol–water partition coefficient (Wildman–Crippen LogP) is 4.39. The third kappa shape index (κ3) is 2.24. The van der Waals surface area contributed by atoms with Crippen LogP contribution in [0.4, 0.5) is 0 Å². The van der Waals surface area contributed by atoms with Crippen molar-refractivity contribution in [1.82, 2.24) is 9.97 Å². The zero-order valence-electron chi connectivity index (χ0n) is 10.0. The molecule has 1 aliphatic carbocycles. The lowest BCUT2D eigenvalue weighted by Crippen LogP contribution is -1.96. The van der Waals surface area contributed by atoms with E-state index in [-0.39, 0.29) is 0 Å². The van der Waals surface area contributed by atoms with Gasteiger partial charge >= 0.3 is 0 Å². The third-order valence-electron chi connectivity index (χ3n) is 3.35. The standard InChI is InChI=1S/C13H14Cl2N2S/c14-7-2-1-6-10-16-12(15)11-8-4-3-5-9(8)18-13(11)17-10/h1-7H2. The van der Waals surface area contributed by atoms with Crippen LogP contribution >= 0.6 is 34.5 Å². The molecule has 2 aromatic heterocycles. The van der Waals surface area contributed by atoms with E-state index in [1.807, 2.05) is 0 Å². The quantitative estimate of drug-likeness (QED) is 0.475. The number of fused-ring (bicyclic) bond motifs is 3. The maximum atomic E-state index is 6.33. The van der Waals surface area contributed by atoms with E-state index >= 15 is 0 Å². The summed E-state index contributed by atoms with van der Waals surface area (Å²) in [6, 6.07) is 0. The number of unbranched alkanes of at least 4 members (excludes halogenated alkanes) is 1. The Morgan fingerprint density at radius 1 is 1.17 bits per heavy atom. The molecule has 0 aromatic carbocycles. The van der Waals surface area contributed by atoms with Crippen molar-refractivity contribution < 1.29 is 0 Å². The fraction of sp³-hybridized carbons (Fsp3) is 0.538. The SMILES string of the molecule is ClCCCCc1nc(Cl)c2c3c(sc2n1)CCC3. The Balaban J connectivity index is 1.96. The van der Waals surface area contributed by atoms with Gasteiger partial charge in [-0.3, -0.25) is 0 Å². The van der Waals surface area contributed by atoms with E-state index < -0.39 is 0 Å². The molecule has 0 radical (unpaired) electrons. The predicted molar refractivity (Wildman–Crippen MR) is 78.1 cm³/mol. The van der Waals surface area contributed by atoms with Crippen molar-refractivity contribution in [1.29, 1.82) is 0 Å². The van der Waals surface area contributed by atoms with Gasteiger partial charge in [-0.15, -0.1) is 22.9 Å². The maximum Gasteiger partial charge on any atom is 0.141 e. The molecule has 0 atom stereocenters. The molecule has 1 aliphatic rings. The lowest BCUT2D eigenvalue weighted by molar-refractivity contribution is 0.761. The number of aromatic nitrogens is 2. The summed E-state index contributed by atoms with van der Waals surface area (Å²) in [7, 11) is 0. The lowest BCUT2D eigenvalue weighted by atomic mass is 10.2. The molecule has 2 heterocycles. The Labute approximate surface area is 120 Å². The largest absolute Gasteiger partial charge is 0.222 e. The molecule has 96 valence electrons. The van der Waals surface area contributed by atoms with Crippen molar-refractivity contribution in [2.24, 2.45) is 0 Å². The van der Waals surface area contributed by atoms with E-state index in [0.717, 1.165) is 41.7 Å². The minimum atomic E-state index is 0.639. The van der Waals surface area contributed by atoms with Crippen molar-refractivity contribution in [3.05, 3.63) is 21.4 Å². The molecule has 0 bridgehead atoms. The first-order valence-corrected chi connectivity index (χ1v) is 8.05. The van der Waals surface area contributed by atoms with Gasteiger partial charge < -0.3 is 0 Å². The van der Waals surface area contributed by atoms with Crippen LogP contribution in [0.25, 0.3) is 10.2 Å². The molecule has 0 saturated carbocycles. The van der Waals surface area contributed by atoms with Gasteiger partial charge in [0.2, 0.25) is 0 Å². The van der Waals surface area contributed by atoms with Gasteiger partial charge in [0.05, 0.1) is 5.39 Å². The van der Waals surface area contributed by atoms with Crippen LogP contribution in [0.3, 0.4) is 0 Å². The summed E-state index contributed by atoms with van der Waals surface area (Å²) in [6.45, 7) is 0. The topological polar surface area (TPSA) is 25.8 Å². The van der Waals surface area contributed by atoms with E-state index in [1.165, 1.54) is 23.3 Å². The van der Waals surface area contributed by atoms with Crippen molar-refractivity contribution in [2.75, 3.05) is 5.88 Å². The van der Waals surface area contributed by atoms with Gasteiger partial charge in [0.25, 0.3) is 0 Å². The fourth-order valence-corrected chi connectivity index (χ4v) is 4.31. The van der Waals surface area contributed by atoms with Crippen LogP contribution in [0.1, 0.15) is 35.5 Å². The Morgan fingerprint density at radius 3 is 2.89 bits per heavy atom. The van der Waals surface area contributed by atoms with E-state index in [4.69, 9.17) is 23.2 Å². The van der Waals surface area contributed by atoms with Gasteiger partial charge in [-0.2, -0.15) is 0 Å². The molecule has 2 aromatic rings. The van der Waals surface area contributed by atoms with Crippen LogP contribution < -0.4 is 0 Å². The Bertz CT molecular complexity index is 580. The molecule has 5 heteroatoms. The molecule has 2 nitrogen and oxygen atoms in total. The first-order chi connectivity index (χ1) is 8.79. The minimum Gasteiger partial charge on any atom is -0.222 e. The van der Waals surface area contributed by atoms with Crippen molar-refractivity contribution in [3.8, 4) is 0 Å². The van der Waals surface area contributed by atoms with Gasteiger partial charge in [0.15, 0.2) is 0 Å². The van der Waals surface area contributed by atoms with Crippen LogP contribution in [0, 0.1) is 0 Å². The Hall–Kier alpha value is -0.380. The summed E-state index contributed by atoms with van der Waals surface area (Å²) < 4.78 is 0. The third-order valence-corrected chi connectivity index (χ3v) is 5.08. The highest BCUT2D eigenvalue weighted by molar-refractivity contribution is 7.19. The van der Waals surface area contributed by atoms with E-state index in [9.17, 15) is 0 Å². The van der Waals surface area contributed by atoms with Crippen LogP contribution in [-0.4, -0.2) is 15.8 Å². The number of thiophene rings is 1. The maximum absolute atomic E-state index is 6.33. The smallest absolute Gasteiger partial charge is 0.141 e. The van der Waals surface area contributed by atoms with Crippen molar-refractivity contribution in [3.63, 3.8) is 0 Å². The second kappa shape index (κ2) is 5.32. The first kappa shape index (κ1) is 12.6. The molecule has 3 rings (SSSR count). The number of hydrogen-bond donors (Lipinski definition) is 0. The van der Waals surface area contributed by atoms with Gasteiger partial charge in [0.1, 0.15) is 15.8 Å². The van der Waals surface area contributed by atoms with Crippen LogP contribution in [0.15, 0.2) is 0 Å². The summed E-state index contributed by atoms with van der Waals surface area (Å²) in [5.74, 6) is 1.56. The molecule has 0 unspecified atom stereocenters. The molecule has 0 amide bonds. The van der Waals surface area contributed by atoms with Crippen LogP contribution in [0.5, 0.6) is 0 Å². The number of halogens is 2. The summed E-state index contributed by atoms with van der Waals surface area (Å²) in [4.78, 5) is 11.6. The van der Waals surface area contributed by atoms with Crippen LogP contribution in [-0.2, 0) is 19.3 Å². The van der Waals surface area contributed by atoms with Crippen molar-refractivity contribution >= 4 is 44.8 Å². The number of aryl methyl sites for hydroxylation is 3. The number of rotatable bonds is 4. The van der Waals surface area contributed by atoms with Gasteiger partial charge in [-0.1, -0.05) is 11.6 Å². The minimum absolute atomic E-state index is 0.639. The Kier molecular flexibility index (Phi) is 3.73. The number of hydrogen-bond acceptors (Lipinski definition) is 3. The number of alkyl halides is 1. The second-order valence-corrected chi connectivity index (χ2v) is 6.43. The second-order valence-electron chi connectivity index (χ2n) is 4.61. The number of nitrogens with zero attached hydrogens (tertiary/aromatic N) is 2. The molecule has 0 N–H and O–H groups in total. The van der Waals surface area contributed by atoms with E-state index in [0.29, 0.717) is 11.0 Å². The summed E-state index contributed by atoms with van der Waals surface area (Å²) in [5, 5.41) is 1.75. The average molecular weight is 301 g/mol. The summed E-state index contributed by atoms with van der Waals surface area (Å²) in [5.41, 5.74) is 1.40. The summed E-state index contributed by atoms with van der Waals surface area (Å²) in [6.07, 6.45) is 6.44. The highest BCUT2D eigenvalue weighted by atomic mass is 35.5. The molecular formula is C13H14Cl2N2S. The molecule has 0 spiro atoms. The lowest BCUT2D eigenvalue weighted by Gasteiger charge is -2.02. The molecular weight excluding hydrogens is 287 g/mol. The Morgan fingerprint density at radius 2 is 2.06 bits per heavy atom. The molecule has 0 saturated heterocycles. The normalized spacial score (nSPS) is 14.3. The highest BCUT2D eigenvalue weighted by Gasteiger charge is 2.21. The average Bonchev–Trinajstić information content (AvgIpc) is 2.88. The van der Waals surface area contributed by atoms with Gasteiger partial charge in [-0.05, 0) is 37.7 Å². The van der Waals surface area contributed by atoms with E-state index in [1.54, 1.807) is 11.3 Å². The first-order valence-electron chi connectivity index (χ1n) is 6.32. The van der Waals surface area contributed by atoms with Crippen LogP contribution in [0.2, 0.25) is 5.15 Å². The molecule has 0 fully saturated rings. The zero-order chi connectivity index (χ0) is 12.5. The zero-order valence-corrected chi connectivity index (χ0v) is 12.3. The molecule has 18 heavy (non-hydrogen) atoms. The van der Waals surface area contributed by atoms with Crippen molar-refractivity contribution in [2.45, 2.75) is 38.5 Å². The van der Waals surface area contributed by atoms with Gasteiger partial charge in [0, 0.05) is 17.2 Å². The van der Waals surface area contributed by atoms with E-state index in [2.05, 4.69) is 9.97 Å².